The van der Waals surface area contributed by atoms with Crippen molar-refractivity contribution in [1.29, 1.82) is 0 Å². The lowest BCUT2D eigenvalue weighted by Crippen LogP contribution is -2.22. The molecule has 9 heteroatoms. The number of rotatable bonds is 10. The lowest BCUT2D eigenvalue weighted by molar-refractivity contribution is 0.102. The fraction of sp³-hybridized carbons (Fsp3) is 0.152. The summed E-state index contributed by atoms with van der Waals surface area (Å²) in [5.74, 6) is 1.25. The van der Waals surface area contributed by atoms with Gasteiger partial charge in [0.15, 0.2) is 0 Å². The zero-order valence-electron chi connectivity index (χ0n) is 23.0. The zero-order valence-corrected chi connectivity index (χ0v) is 23.0. The lowest BCUT2D eigenvalue weighted by atomic mass is 10.1. The molecule has 0 spiro atoms. The van der Waals surface area contributed by atoms with Crippen molar-refractivity contribution >= 4 is 35.1 Å². The van der Waals surface area contributed by atoms with Crippen LogP contribution in [0, 0.1) is 0 Å². The summed E-state index contributed by atoms with van der Waals surface area (Å²) in [6.07, 6.45) is 1.85. The van der Waals surface area contributed by atoms with E-state index in [0.29, 0.717) is 47.9 Å². The summed E-state index contributed by atoms with van der Waals surface area (Å²) in [7, 11) is 0. The molecule has 210 valence electrons. The quantitative estimate of drug-likeness (QED) is 0.142. The van der Waals surface area contributed by atoms with Crippen molar-refractivity contribution < 1.29 is 4.79 Å². The summed E-state index contributed by atoms with van der Waals surface area (Å²) < 4.78 is 0. The number of nitrogens with one attached hydrogen (secondary N) is 4. The Hall–Kier alpha value is -5.44. The molecule has 0 unspecified atom stereocenters. The number of fused-ring (bicyclic) bond motifs is 1. The summed E-state index contributed by atoms with van der Waals surface area (Å²) in [5.41, 5.74) is 12.4. The molecule has 1 heterocycles. The number of anilines is 5. The summed E-state index contributed by atoms with van der Waals surface area (Å²) >= 11 is 0. The maximum atomic E-state index is 12.7. The maximum Gasteiger partial charge on any atom is 0.255 e. The first-order chi connectivity index (χ1) is 20.6. The molecule has 6 N–H and O–H groups in total. The van der Waals surface area contributed by atoms with E-state index in [0.717, 1.165) is 24.0 Å². The first-order valence-corrected chi connectivity index (χ1v) is 13.9. The highest BCUT2D eigenvalue weighted by Crippen LogP contribution is 2.24. The van der Waals surface area contributed by atoms with Crippen molar-refractivity contribution in [2.75, 3.05) is 27.0 Å². The molecular formula is C33H32N8O. The second-order valence-corrected chi connectivity index (χ2v) is 10.3. The number of nitrogens with two attached hydrogens (primary N) is 1. The van der Waals surface area contributed by atoms with Gasteiger partial charge in [0.25, 0.3) is 5.91 Å². The van der Waals surface area contributed by atoms with Crippen molar-refractivity contribution in [1.82, 2.24) is 15.0 Å². The SMILES string of the molecule is Nc1ccccc1NC(=O)c1ccc(CNc2nc(NCc3ccccc3)nc(NC3Cc4ccccc4C3)n2)cc1. The van der Waals surface area contributed by atoms with Gasteiger partial charge >= 0.3 is 0 Å². The molecule has 5 aromatic rings. The van der Waals surface area contributed by atoms with Crippen LogP contribution in [0.1, 0.15) is 32.6 Å². The smallest absolute Gasteiger partial charge is 0.255 e. The highest BCUT2D eigenvalue weighted by Gasteiger charge is 2.22. The largest absolute Gasteiger partial charge is 0.397 e. The molecule has 4 aromatic carbocycles. The first-order valence-electron chi connectivity index (χ1n) is 13.9. The van der Waals surface area contributed by atoms with E-state index in [1.54, 1.807) is 24.3 Å². The van der Waals surface area contributed by atoms with E-state index in [9.17, 15) is 4.79 Å². The van der Waals surface area contributed by atoms with Crippen LogP contribution in [0.25, 0.3) is 0 Å². The minimum Gasteiger partial charge on any atom is -0.397 e. The third-order valence-electron chi connectivity index (χ3n) is 7.19. The second kappa shape index (κ2) is 12.4. The van der Waals surface area contributed by atoms with E-state index in [1.807, 2.05) is 42.5 Å². The van der Waals surface area contributed by atoms with Gasteiger partial charge in [0.1, 0.15) is 0 Å². The van der Waals surface area contributed by atoms with Gasteiger partial charge in [-0.3, -0.25) is 4.79 Å². The number of carbonyl (C=O) groups excluding carboxylic acids is 1. The normalized spacial score (nSPS) is 12.4. The Balaban J connectivity index is 1.13. The fourth-order valence-electron chi connectivity index (χ4n) is 4.98. The number of nitrogens with zero attached hydrogens (tertiary/aromatic N) is 3. The second-order valence-electron chi connectivity index (χ2n) is 10.3. The number of hydrogen-bond donors (Lipinski definition) is 5. The van der Waals surface area contributed by atoms with Gasteiger partial charge in [-0.1, -0.05) is 78.9 Å². The van der Waals surface area contributed by atoms with Crippen molar-refractivity contribution in [3.8, 4) is 0 Å². The van der Waals surface area contributed by atoms with E-state index in [1.165, 1.54) is 11.1 Å². The van der Waals surface area contributed by atoms with Crippen molar-refractivity contribution in [3.05, 3.63) is 131 Å². The monoisotopic (exact) mass is 556 g/mol. The van der Waals surface area contributed by atoms with Crippen LogP contribution in [0.2, 0.25) is 0 Å². The van der Waals surface area contributed by atoms with Crippen LogP contribution in [0.5, 0.6) is 0 Å². The number of carbonyl (C=O) groups is 1. The summed E-state index contributed by atoms with van der Waals surface area (Å²) in [6.45, 7) is 1.07. The summed E-state index contributed by atoms with van der Waals surface area (Å²) in [4.78, 5) is 26.6. The minimum absolute atomic E-state index is 0.213. The van der Waals surface area contributed by atoms with Crippen molar-refractivity contribution in [3.63, 3.8) is 0 Å². The van der Waals surface area contributed by atoms with Gasteiger partial charge in [-0.25, -0.2) is 0 Å². The van der Waals surface area contributed by atoms with Crippen LogP contribution in [0.15, 0.2) is 103 Å². The van der Waals surface area contributed by atoms with Crippen LogP contribution >= 0.6 is 0 Å². The molecule has 42 heavy (non-hydrogen) atoms. The Labute approximate surface area is 244 Å². The van der Waals surface area contributed by atoms with Crippen molar-refractivity contribution in [2.24, 2.45) is 0 Å². The molecule has 0 aliphatic heterocycles. The predicted molar refractivity (Wildman–Crippen MR) is 167 cm³/mol. The topological polar surface area (TPSA) is 130 Å². The van der Waals surface area contributed by atoms with Crippen LogP contribution in [-0.2, 0) is 25.9 Å². The van der Waals surface area contributed by atoms with Gasteiger partial charge in [0, 0.05) is 24.7 Å². The van der Waals surface area contributed by atoms with Crippen LogP contribution in [0.4, 0.5) is 29.2 Å². The number of aromatic nitrogens is 3. The molecule has 0 fully saturated rings. The zero-order chi connectivity index (χ0) is 28.7. The van der Waals surface area contributed by atoms with Gasteiger partial charge in [-0.15, -0.1) is 0 Å². The third-order valence-corrected chi connectivity index (χ3v) is 7.19. The number of benzene rings is 4. The van der Waals surface area contributed by atoms with Crippen LogP contribution < -0.4 is 27.0 Å². The van der Waals surface area contributed by atoms with E-state index in [4.69, 9.17) is 5.73 Å². The molecule has 1 amide bonds. The molecule has 0 saturated heterocycles. The number of nitrogen functional groups attached to an aromatic ring is 1. The Kier molecular flexibility index (Phi) is 7.89. The molecule has 1 aliphatic rings. The van der Waals surface area contributed by atoms with Crippen LogP contribution in [-0.4, -0.2) is 26.9 Å². The van der Waals surface area contributed by atoms with Gasteiger partial charge in [0.05, 0.1) is 11.4 Å². The highest BCUT2D eigenvalue weighted by atomic mass is 16.1. The highest BCUT2D eigenvalue weighted by molar-refractivity contribution is 6.05. The molecule has 9 nitrogen and oxygen atoms in total. The Bertz CT molecular complexity index is 1650. The molecule has 0 atom stereocenters. The van der Waals surface area contributed by atoms with Gasteiger partial charge in [-0.2, -0.15) is 15.0 Å². The first kappa shape index (κ1) is 26.8. The Morgan fingerprint density at radius 3 is 1.86 bits per heavy atom. The van der Waals surface area contributed by atoms with Gasteiger partial charge in [-0.05, 0) is 59.4 Å². The molecule has 1 aromatic heterocycles. The van der Waals surface area contributed by atoms with E-state index in [2.05, 4.69) is 72.6 Å². The average Bonchev–Trinajstić information content (AvgIpc) is 3.43. The Morgan fingerprint density at radius 2 is 1.21 bits per heavy atom. The fourth-order valence-corrected chi connectivity index (χ4v) is 4.98. The minimum atomic E-state index is -0.219. The molecule has 0 bridgehead atoms. The van der Waals surface area contributed by atoms with E-state index in [-0.39, 0.29) is 11.9 Å². The molecule has 1 aliphatic carbocycles. The molecule has 0 saturated carbocycles. The molecule has 0 radical (unpaired) electrons. The van der Waals surface area contributed by atoms with E-state index < -0.39 is 0 Å². The van der Waals surface area contributed by atoms with E-state index >= 15 is 0 Å². The number of para-hydroxylation sites is 2. The Morgan fingerprint density at radius 1 is 0.667 bits per heavy atom. The average molecular weight is 557 g/mol. The molecule has 6 rings (SSSR count). The summed E-state index contributed by atoms with van der Waals surface area (Å²) in [5, 5.41) is 13.0. The number of amides is 1. The summed E-state index contributed by atoms with van der Waals surface area (Å²) in [6, 6.07) is 33.4. The standard InChI is InChI=1S/C33H32N8O/c34-28-12-6-7-13-29(28)38-30(42)24-16-14-23(15-17-24)21-36-32-39-31(35-20-22-8-2-1-3-9-22)40-33(41-32)37-27-18-25-10-4-5-11-26(25)19-27/h1-17,27H,18-21,34H2,(H,38,42)(H3,35,36,37,39,40,41). The van der Waals surface area contributed by atoms with Gasteiger partial charge in [0.2, 0.25) is 17.8 Å². The van der Waals surface area contributed by atoms with Crippen molar-refractivity contribution in [2.45, 2.75) is 32.0 Å². The molecular weight excluding hydrogens is 524 g/mol. The third kappa shape index (κ3) is 6.64. The predicted octanol–water partition coefficient (Wildman–Crippen LogP) is 5.51. The van der Waals surface area contributed by atoms with Gasteiger partial charge < -0.3 is 27.0 Å². The van der Waals surface area contributed by atoms with Crippen LogP contribution in [0.3, 0.4) is 0 Å². The lowest BCUT2D eigenvalue weighted by Gasteiger charge is -2.15. The number of hydrogen-bond acceptors (Lipinski definition) is 8. The maximum absolute atomic E-state index is 12.7.